The number of carbonyl (C=O) groups excluding carboxylic acids is 1. The maximum absolute atomic E-state index is 14.0. The van der Waals surface area contributed by atoms with E-state index in [9.17, 15) is 9.18 Å². The fourth-order valence-corrected chi connectivity index (χ4v) is 4.00. The number of hydrogen-bond acceptors (Lipinski definition) is 3. The number of hydrogen-bond donors (Lipinski definition) is 0. The maximum Gasteiger partial charge on any atom is 0.243 e. The van der Waals surface area contributed by atoms with Crippen LogP contribution in [0, 0.1) is 5.82 Å². The predicted octanol–water partition coefficient (Wildman–Crippen LogP) is 2.43. The van der Waals surface area contributed by atoms with Crippen molar-refractivity contribution in [1.29, 1.82) is 0 Å². The number of nitrogens with zero attached hydrogens (tertiary/aromatic N) is 2. The van der Waals surface area contributed by atoms with E-state index in [0.29, 0.717) is 25.3 Å². The topological polar surface area (TPSA) is 32.8 Å². The number of halogens is 1. The van der Waals surface area contributed by atoms with Gasteiger partial charge in [-0.25, -0.2) is 4.39 Å². The summed E-state index contributed by atoms with van der Waals surface area (Å²) in [5.41, 5.74) is 0.240. The fraction of sp³-hybridized carbons (Fsp3) is 0.611. The Morgan fingerprint density at radius 3 is 2.70 bits per heavy atom. The number of carbonyl (C=O) groups is 1. The third-order valence-corrected chi connectivity index (χ3v) is 5.21. The standard InChI is InChI=1S/C18H25FN2O2/c1-23-13-12-20-10-4-8-18(17(20)22)9-5-11-21(18)14-15-6-2-3-7-16(15)19/h2-3,6-7H,4-5,8-14H2,1H3. The lowest BCUT2D eigenvalue weighted by molar-refractivity contribution is -0.148. The molecule has 0 bridgehead atoms. The quantitative estimate of drug-likeness (QED) is 0.835. The van der Waals surface area contributed by atoms with Crippen LogP contribution in [0.15, 0.2) is 24.3 Å². The summed E-state index contributed by atoms with van der Waals surface area (Å²) in [4.78, 5) is 17.2. The van der Waals surface area contributed by atoms with Crippen LogP contribution in [0.4, 0.5) is 4.39 Å². The van der Waals surface area contributed by atoms with Crippen molar-refractivity contribution in [3.05, 3.63) is 35.6 Å². The molecule has 2 heterocycles. The van der Waals surface area contributed by atoms with Crippen molar-refractivity contribution in [3.63, 3.8) is 0 Å². The molecule has 1 amide bonds. The molecule has 2 fully saturated rings. The molecule has 2 aliphatic heterocycles. The van der Waals surface area contributed by atoms with Gasteiger partial charge in [0.1, 0.15) is 11.4 Å². The summed E-state index contributed by atoms with van der Waals surface area (Å²) in [6.07, 6.45) is 3.76. The Morgan fingerprint density at radius 2 is 1.96 bits per heavy atom. The highest BCUT2D eigenvalue weighted by atomic mass is 19.1. The average Bonchev–Trinajstić information content (AvgIpc) is 2.95. The molecule has 0 aliphatic carbocycles. The summed E-state index contributed by atoms with van der Waals surface area (Å²) in [6, 6.07) is 6.87. The van der Waals surface area contributed by atoms with Crippen LogP contribution in [0.1, 0.15) is 31.2 Å². The molecular weight excluding hydrogens is 295 g/mol. The van der Waals surface area contributed by atoms with Crippen molar-refractivity contribution >= 4 is 5.91 Å². The highest BCUT2D eigenvalue weighted by Crippen LogP contribution is 2.39. The average molecular weight is 320 g/mol. The van der Waals surface area contributed by atoms with E-state index in [0.717, 1.165) is 38.8 Å². The third kappa shape index (κ3) is 3.12. The highest BCUT2D eigenvalue weighted by Gasteiger charge is 2.50. The molecule has 2 saturated heterocycles. The van der Waals surface area contributed by atoms with Crippen molar-refractivity contribution < 1.29 is 13.9 Å². The molecule has 2 aliphatic rings. The van der Waals surface area contributed by atoms with Gasteiger partial charge in [-0.3, -0.25) is 9.69 Å². The van der Waals surface area contributed by atoms with E-state index >= 15 is 0 Å². The molecule has 1 unspecified atom stereocenters. The Bertz CT molecular complexity index is 566. The van der Waals surface area contributed by atoms with E-state index in [1.165, 1.54) is 6.07 Å². The second-order valence-electron chi connectivity index (χ2n) is 6.54. The molecule has 4 nitrogen and oxygen atoms in total. The molecule has 126 valence electrons. The van der Waals surface area contributed by atoms with Crippen LogP contribution >= 0.6 is 0 Å². The maximum atomic E-state index is 14.0. The highest BCUT2D eigenvalue weighted by molar-refractivity contribution is 5.87. The number of piperidine rings is 1. The molecule has 1 aromatic carbocycles. The van der Waals surface area contributed by atoms with Crippen LogP contribution < -0.4 is 0 Å². The monoisotopic (exact) mass is 320 g/mol. The van der Waals surface area contributed by atoms with E-state index in [1.807, 2.05) is 17.0 Å². The zero-order valence-electron chi connectivity index (χ0n) is 13.8. The first-order chi connectivity index (χ1) is 11.2. The molecule has 0 radical (unpaired) electrons. The molecule has 0 aromatic heterocycles. The van der Waals surface area contributed by atoms with Gasteiger partial charge in [-0.05, 0) is 38.3 Å². The second-order valence-corrected chi connectivity index (χ2v) is 6.54. The van der Waals surface area contributed by atoms with Gasteiger partial charge >= 0.3 is 0 Å². The lowest BCUT2D eigenvalue weighted by Gasteiger charge is -2.44. The van der Waals surface area contributed by atoms with Crippen LogP contribution in [0.3, 0.4) is 0 Å². The van der Waals surface area contributed by atoms with Gasteiger partial charge in [0, 0.05) is 32.3 Å². The summed E-state index contributed by atoms with van der Waals surface area (Å²) in [7, 11) is 1.66. The van der Waals surface area contributed by atoms with E-state index in [-0.39, 0.29) is 11.7 Å². The van der Waals surface area contributed by atoms with Gasteiger partial charge in [-0.2, -0.15) is 0 Å². The van der Waals surface area contributed by atoms with Crippen molar-refractivity contribution in [1.82, 2.24) is 9.80 Å². The van der Waals surface area contributed by atoms with Gasteiger partial charge in [0.15, 0.2) is 0 Å². The number of likely N-dealkylation sites (tertiary alicyclic amines) is 2. The number of benzene rings is 1. The first-order valence-electron chi connectivity index (χ1n) is 8.44. The number of ether oxygens (including phenoxy) is 1. The van der Waals surface area contributed by atoms with Gasteiger partial charge in [0.2, 0.25) is 5.91 Å². The SMILES string of the molecule is COCCN1CCCC2(CCCN2Cc2ccccc2F)C1=O. The van der Waals surface area contributed by atoms with Crippen molar-refractivity contribution in [2.24, 2.45) is 0 Å². The number of rotatable bonds is 5. The van der Waals surface area contributed by atoms with Gasteiger partial charge in [0.05, 0.1) is 6.61 Å². The molecule has 1 spiro atoms. The van der Waals surface area contributed by atoms with Crippen LogP contribution in [0.25, 0.3) is 0 Å². The molecule has 5 heteroatoms. The minimum absolute atomic E-state index is 0.186. The molecule has 0 N–H and O–H groups in total. The van der Waals surface area contributed by atoms with Crippen LogP contribution in [0.2, 0.25) is 0 Å². The fourth-order valence-electron chi connectivity index (χ4n) is 4.00. The van der Waals surface area contributed by atoms with Crippen LogP contribution in [-0.4, -0.2) is 54.6 Å². The van der Waals surface area contributed by atoms with Crippen LogP contribution in [-0.2, 0) is 16.1 Å². The largest absolute Gasteiger partial charge is 0.383 e. The van der Waals surface area contributed by atoms with Gasteiger partial charge in [0.25, 0.3) is 0 Å². The number of methoxy groups -OCH3 is 1. The minimum atomic E-state index is -0.436. The minimum Gasteiger partial charge on any atom is -0.383 e. The number of amides is 1. The normalized spacial score (nSPS) is 25.5. The van der Waals surface area contributed by atoms with Crippen molar-refractivity contribution in [2.45, 2.75) is 37.8 Å². The molecule has 23 heavy (non-hydrogen) atoms. The van der Waals surface area contributed by atoms with Gasteiger partial charge in [-0.15, -0.1) is 0 Å². The van der Waals surface area contributed by atoms with Crippen LogP contribution in [0.5, 0.6) is 0 Å². The molecule has 0 saturated carbocycles. The van der Waals surface area contributed by atoms with E-state index in [2.05, 4.69) is 4.90 Å². The second kappa shape index (κ2) is 6.97. The summed E-state index contributed by atoms with van der Waals surface area (Å²) in [5.74, 6) is 0.0173. The summed E-state index contributed by atoms with van der Waals surface area (Å²) in [5, 5.41) is 0. The summed E-state index contributed by atoms with van der Waals surface area (Å²) < 4.78 is 19.1. The Morgan fingerprint density at radius 1 is 1.22 bits per heavy atom. The predicted molar refractivity (Wildman–Crippen MR) is 86.5 cm³/mol. The zero-order chi connectivity index (χ0) is 16.3. The smallest absolute Gasteiger partial charge is 0.243 e. The Hall–Kier alpha value is -1.46. The van der Waals surface area contributed by atoms with Crippen molar-refractivity contribution in [2.75, 3.05) is 33.4 Å². The van der Waals surface area contributed by atoms with E-state index in [1.54, 1.807) is 13.2 Å². The lowest BCUT2D eigenvalue weighted by Crippen LogP contribution is -2.60. The van der Waals surface area contributed by atoms with Gasteiger partial charge in [-0.1, -0.05) is 18.2 Å². The Balaban J connectivity index is 1.79. The molecule has 3 rings (SSSR count). The van der Waals surface area contributed by atoms with Crippen molar-refractivity contribution in [3.8, 4) is 0 Å². The summed E-state index contributed by atoms with van der Waals surface area (Å²) in [6.45, 7) is 3.38. The van der Waals surface area contributed by atoms with Gasteiger partial charge < -0.3 is 9.64 Å². The van der Waals surface area contributed by atoms with E-state index in [4.69, 9.17) is 4.74 Å². The van der Waals surface area contributed by atoms with E-state index < -0.39 is 5.54 Å². The Labute approximate surface area is 137 Å². The molecular formula is C18H25FN2O2. The molecule has 1 aromatic rings. The summed E-state index contributed by atoms with van der Waals surface area (Å²) >= 11 is 0. The molecule has 1 atom stereocenters. The first kappa shape index (κ1) is 16.4. The first-order valence-corrected chi connectivity index (χ1v) is 8.44. The third-order valence-electron chi connectivity index (χ3n) is 5.21. The Kier molecular flexibility index (Phi) is 4.97. The lowest BCUT2D eigenvalue weighted by atomic mass is 9.85. The zero-order valence-corrected chi connectivity index (χ0v) is 13.8.